The van der Waals surface area contributed by atoms with Crippen LogP contribution in [-0.4, -0.2) is 47.0 Å². The van der Waals surface area contributed by atoms with Crippen molar-refractivity contribution in [2.24, 2.45) is 0 Å². The van der Waals surface area contributed by atoms with Crippen molar-refractivity contribution in [3.8, 4) is 0 Å². The Morgan fingerprint density at radius 1 is 0.929 bits per heavy atom. The maximum absolute atomic E-state index is 13.7. The van der Waals surface area contributed by atoms with E-state index in [0.29, 0.717) is 30.2 Å². The molecule has 1 saturated heterocycles. The quantitative estimate of drug-likeness (QED) is 0.756. The SMILES string of the molecule is O=C(c1ccc(Nc2ccccc2F)cn1)N1CCN(c2ccccn2)CC1. The van der Waals surface area contributed by atoms with Crippen LogP contribution in [0.2, 0.25) is 0 Å². The van der Waals surface area contributed by atoms with Gasteiger partial charge in [0.1, 0.15) is 17.3 Å². The number of amides is 1. The first-order valence-corrected chi connectivity index (χ1v) is 9.13. The van der Waals surface area contributed by atoms with Crippen LogP contribution in [0.3, 0.4) is 0 Å². The normalized spacial score (nSPS) is 14.0. The maximum Gasteiger partial charge on any atom is 0.272 e. The van der Waals surface area contributed by atoms with Gasteiger partial charge in [-0.05, 0) is 36.4 Å². The molecule has 1 aromatic carbocycles. The number of carbonyl (C=O) groups is 1. The van der Waals surface area contributed by atoms with E-state index in [2.05, 4.69) is 20.2 Å². The van der Waals surface area contributed by atoms with Gasteiger partial charge in [-0.25, -0.2) is 14.4 Å². The monoisotopic (exact) mass is 377 g/mol. The predicted octanol–water partition coefficient (Wildman–Crippen LogP) is 3.32. The summed E-state index contributed by atoms with van der Waals surface area (Å²) < 4.78 is 13.7. The maximum atomic E-state index is 13.7. The molecule has 142 valence electrons. The lowest BCUT2D eigenvalue weighted by Gasteiger charge is -2.35. The van der Waals surface area contributed by atoms with Gasteiger partial charge in [0.2, 0.25) is 0 Å². The van der Waals surface area contributed by atoms with Crippen molar-refractivity contribution < 1.29 is 9.18 Å². The van der Waals surface area contributed by atoms with Crippen LogP contribution in [0, 0.1) is 5.82 Å². The van der Waals surface area contributed by atoms with Gasteiger partial charge in [-0.3, -0.25) is 4.79 Å². The molecule has 0 unspecified atom stereocenters. The average molecular weight is 377 g/mol. The first-order valence-electron chi connectivity index (χ1n) is 9.13. The molecule has 0 aliphatic carbocycles. The second-order valence-corrected chi connectivity index (χ2v) is 6.50. The lowest BCUT2D eigenvalue weighted by molar-refractivity contribution is 0.0740. The molecule has 3 heterocycles. The highest BCUT2D eigenvalue weighted by Gasteiger charge is 2.23. The number of piperazine rings is 1. The molecule has 1 amide bonds. The topological polar surface area (TPSA) is 61.4 Å². The van der Waals surface area contributed by atoms with Gasteiger partial charge >= 0.3 is 0 Å². The highest BCUT2D eigenvalue weighted by Crippen LogP contribution is 2.19. The summed E-state index contributed by atoms with van der Waals surface area (Å²) in [6.45, 7) is 2.70. The summed E-state index contributed by atoms with van der Waals surface area (Å²) in [5.41, 5.74) is 1.38. The van der Waals surface area contributed by atoms with E-state index in [4.69, 9.17) is 0 Å². The molecule has 0 saturated carbocycles. The van der Waals surface area contributed by atoms with E-state index in [1.54, 1.807) is 47.6 Å². The molecule has 28 heavy (non-hydrogen) atoms. The van der Waals surface area contributed by atoms with Crippen LogP contribution < -0.4 is 10.2 Å². The van der Waals surface area contributed by atoms with Gasteiger partial charge in [0.25, 0.3) is 5.91 Å². The summed E-state index contributed by atoms with van der Waals surface area (Å²) in [7, 11) is 0. The van der Waals surface area contributed by atoms with Crippen LogP contribution in [0.25, 0.3) is 0 Å². The highest BCUT2D eigenvalue weighted by molar-refractivity contribution is 5.92. The van der Waals surface area contributed by atoms with Crippen LogP contribution in [-0.2, 0) is 0 Å². The summed E-state index contributed by atoms with van der Waals surface area (Å²) in [5.74, 6) is 0.489. The van der Waals surface area contributed by atoms with Gasteiger partial charge in [0.15, 0.2) is 0 Å². The van der Waals surface area contributed by atoms with Crippen LogP contribution in [0.4, 0.5) is 21.6 Å². The van der Waals surface area contributed by atoms with E-state index in [-0.39, 0.29) is 11.7 Å². The van der Waals surface area contributed by atoms with Crippen LogP contribution >= 0.6 is 0 Å². The Morgan fingerprint density at radius 3 is 2.39 bits per heavy atom. The van der Waals surface area contributed by atoms with Crippen molar-refractivity contribution in [2.45, 2.75) is 0 Å². The van der Waals surface area contributed by atoms with Crippen molar-refractivity contribution in [3.05, 3.63) is 78.5 Å². The minimum atomic E-state index is -0.339. The fourth-order valence-corrected chi connectivity index (χ4v) is 3.15. The molecule has 1 N–H and O–H groups in total. The number of para-hydroxylation sites is 1. The number of hydrogen-bond donors (Lipinski definition) is 1. The zero-order valence-corrected chi connectivity index (χ0v) is 15.3. The smallest absolute Gasteiger partial charge is 0.272 e. The van der Waals surface area contributed by atoms with Gasteiger partial charge < -0.3 is 15.1 Å². The molecule has 0 atom stereocenters. The van der Waals surface area contributed by atoms with Crippen LogP contribution in [0.5, 0.6) is 0 Å². The Hall–Kier alpha value is -3.48. The van der Waals surface area contributed by atoms with Crippen molar-refractivity contribution in [2.75, 3.05) is 36.4 Å². The molecule has 4 rings (SSSR count). The molecule has 1 fully saturated rings. The molecule has 1 aliphatic rings. The number of rotatable bonds is 4. The Balaban J connectivity index is 1.37. The number of anilines is 3. The number of nitrogens with zero attached hydrogens (tertiary/aromatic N) is 4. The molecular weight excluding hydrogens is 357 g/mol. The standard InChI is InChI=1S/C21H20FN5O/c22-17-5-1-2-6-18(17)25-16-8-9-19(24-15-16)21(28)27-13-11-26(12-14-27)20-7-3-4-10-23-20/h1-10,15,25H,11-14H2. The molecule has 1 aliphatic heterocycles. The molecular formula is C21H20FN5O. The summed E-state index contributed by atoms with van der Waals surface area (Å²) >= 11 is 0. The number of carbonyl (C=O) groups excluding carboxylic acids is 1. The second-order valence-electron chi connectivity index (χ2n) is 6.50. The van der Waals surface area contributed by atoms with Crippen molar-refractivity contribution >= 4 is 23.1 Å². The average Bonchev–Trinajstić information content (AvgIpc) is 2.76. The first-order chi connectivity index (χ1) is 13.7. The van der Waals surface area contributed by atoms with Crippen molar-refractivity contribution in [1.29, 1.82) is 0 Å². The molecule has 2 aromatic heterocycles. The molecule has 7 heteroatoms. The minimum absolute atomic E-state index is 0.0990. The Labute approximate surface area is 162 Å². The molecule has 0 spiro atoms. The molecule has 6 nitrogen and oxygen atoms in total. The molecule has 0 bridgehead atoms. The third-order valence-electron chi connectivity index (χ3n) is 4.68. The summed E-state index contributed by atoms with van der Waals surface area (Å²) in [4.78, 5) is 25.3. The van der Waals surface area contributed by atoms with Gasteiger partial charge in [-0.15, -0.1) is 0 Å². The lowest BCUT2D eigenvalue weighted by Crippen LogP contribution is -2.49. The Morgan fingerprint density at radius 2 is 1.71 bits per heavy atom. The largest absolute Gasteiger partial charge is 0.353 e. The number of aromatic nitrogens is 2. The molecule has 3 aromatic rings. The van der Waals surface area contributed by atoms with E-state index >= 15 is 0 Å². The van der Waals surface area contributed by atoms with Crippen LogP contribution in [0.1, 0.15) is 10.5 Å². The van der Waals surface area contributed by atoms with Gasteiger partial charge in [0.05, 0.1) is 17.6 Å². The van der Waals surface area contributed by atoms with Crippen LogP contribution in [0.15, 0.2) is 67.0 Å². The van der Waals surface area contributed by atoms with E-state index in [9.17, 15) is 9.18 Å². The Kier molecular flexibility index (Phi) is 5.14. The van der Waals surface area contributed by atoms with E-state index in [1.807, 2.05) is 18.2 Å². The van der Waals surface area contributed by atoms with Gasteiger partial charge in [-0.1, -0.05) is 18.2 Å². The third-order valence-corrected chi connectivity index (χ3v) is 4.68. The highest BCUT2D eigenvalue weighted by atomic mass is 19.1. The predicted molar refractivity (Wildman–Crippen MR) is 106 cm³/mol. The summed E-state index contributed by atoms with van der Waals surface area (Å²) in [5, 5.41) is 2.97. The van der Waals surface area contributed by atoms with E-state index < -0.39 is 0 Å². The Bertz CT molecular complexity index is 941. The van der Waals surface area contributed by atoms with Crippen molar-refractivity contribution in [1.82, 2.24) is 14.9 Å². The summed E-state index contributed by atoms with van der Waals surface area (Å²) in [6, 6.07) is 15.6. The van der Waals surface area contributed by atoms with E-state index in [0.717, 1.165) is 18.9 Å². The number of hydrogen-bond acceptors (Lipinski definition) is 5. The third kappa shape index (κ3) is 3.93. The number of nitrogens with one attached hydrogen (secondary N) is 1. The van der Waals surface area contributed by atoms with Crippen molar-refractivity contribution in [3.63, 3.8) is 0 Å². The lowest BCUT2D eigenvalue weighted by atomic mass is 10.2. The second kappa shape index (κ2) is 8.04. The molecule has 0 radical (unpaired) electrons. The van der Waals surface area contributed by atoms with Gasteiger partial charge in [0, 0.05) is 32.4 Å². The van der Waals surface area contributed by atoms with E-state index in [1.165, 1.54) is 6.07 Å². The minimum Gasteiger partial charge on any atom is -0.353 e. The zero-order valence-electron chi connectivity index (χ0n) is 15.3. The number of halogens is 1. The fourth-order valence-electron chi connectivity index (χ4n) is 3.15. The summed E-state index contributed by atoms with van der Waals surface area (Å²) in [6.07, 6.45) is 3.32. The number of benzene rings is 1. The number of pyridine rings is 2. The first kappa shape index (κ1) is 17.9. The van der Waals surface area contributed by atoms with Gasteiger partial charge in [-0.2, -0.15) is 0 Å². The fraction of sp³-hybridized carbons (Fsp3) is 0.190. The zero-order chi connectivity index (χ0) is 19.3.